The first kappa shape index (κ1) is 18.1. The van der Waals surface area contributed by atoms with Crippen LogP contribution in [0.2, 0.25) is 0 Å². The van der Waals surface area contributed by atoms with E-state index in [2.05, 4.69) is 4.72 Å². The molecule has 0 fully saturated rings. The number of ether oxygens (including phenoxy) is 2. The van der Waals surface area contributed by atoms with E-state index in [1.54, 1.807) is 6.07 Å². The molecule has 0 aliphatic carbocycles. The number of benzene rings is 2. The second kappa shape index (κ2) is 8.03. The molecular formula is C17H22N2O4S. The molecule has 0 amide bonds. The van der Waals surface area contributed by atoms with Crippen LogP contribution in [0.1, 0.15) is 0 Å². The molecule has 0 heterocycles. The van der Waals surface area contributed by atoms with Crippen LogP contribution in [0.5, 0.6) is 11.5 Å². The van der Waals surface area contributed by atoms with Crippen molar-refractivity contribution in [1.82, 2.24) is 4.72 Å². The minimum atomic E-state index is -3.61. The van der Waals surface area contributed by atoms with Crippen LogP contribution in [-0.2, 0) is 10.0 Å². The quantitative estimate of drug-likeness (QED) is 0.790. The lowest BCUT2D eigenvalue weighted by molar-refractivity contribution is 0.354. The Bertz CT molecular complexity index is 763. The van der Waals surface area contributed by atoms with Crippen molar-refractivity contribution in [2.45, 2.75) is 4.90 Å². The van der Waals surface area contributed by atoms with Crippen molar-refractivity contribution in [3.63, 3.8) is 0 Å². The molecule has 0 aliphatic rings. The molecule has 0 unspecified atom stereocenters. The fraction of sp³-hybridized carbons (Fsp3) is 0.294. The van der Waals surface area contributed by atoms with Crippen LogP contribution in [0.25, 0.3) is 0 Å². The van der Waals surface area contributed by atoms with Crippen molar-refractivity contribution in [1.29, 1.82) is 0 Å². The number of nitrogens with zero attached hydrogens (tertiary/aromatic N) is 1. The van der Waals surface area contributed by atoms with Crippen molar-refractivity contribution in [2.75, 3.05) is 39.3 Å². The van der Waals surface area contributed by atoms with Gasteiger partial charge in [0, 0.05) is 31.9 Å². The summed E-state index contributed by atoms with van der Waals surface area (Å²) in [5.41, 5.74) is 1.03. The lowest BCUT2D eigenvalue weighted by Crippen LogP contribution is -2.33. The standard InChI is InChI=1S/C17H22N2O4S/c1-19(14-7-5-4-6-8-14)12-11-18-24(20,21)15-9-10-16(22-2)17(13-15)23-3/h4-10,13,18H,11-12H2,1-3H3. The molecule has 0 radical (unpaired) electrons. The number of rotatable bonds is 8. The van der Waals surface area contributed by atoms with Gasteiger partial charge in [0.1, 0.15) is 0 Å². The molecule has 0 atom stereocenters. The maximum atomic E-state index is 12.4. The molecule has 24 heavy (non-hydrogen) atoms. The van der Waals surface area contributed by atoms with Crippen LogP contribution in [0.15, 0.2) is 53.4 Å². The summed E-state index contributed by atoms with van der Waals surface area (Å²) in [7, 11) is 1.28. The Morgan fingerprint density at radius 3 is 2.29 bits per heavy atom. The van der Waals surface area contributed by atoms with E-state index in [4.69, 9.17) is 9.47 Å². The van der Waals surface area contributed by atoms with Gasteiger partial charge >= 0.3 is 0 Å². The van der Waals surface area contributed by atoms with Crippen LogP contribution in [0.4, 0.5) is 5.69 Å². The second-order valence-electron chi connectivity index (χ2n) is 5.17. The first-order chi connectivity index (χ1) is 11.5. The number of hydrogen-bond donors (Lipinski definition) is 1. The van der Waals surface area contributed by atoms with Crippen LogP contribution in [0, 0.1) is 0 Å². The van der Waals surface area contributed by atoms with E-state index in [-0.39, 0.29) is 4.90 Å². The zero-order valence-corrected chi connectivity index (χ0v) is 14.8. The number of likely N-dealkylation sites (N-methyl/N-ethyl adjacent to an activating group) is 1. The van der Waals surface area contributed by atoms with Crippen LogP contribution in [0.3, 0.4) is 0 Å². The normalized spacial score (nSPS) is 11.1. The van der Waals surface area contributed by atoms with Crippen molar-refractivity contribution in [3.05, 3.63) is 48.5 Å². The molecule has 2 aromatic carbocycles. The SMILES string of the molecule is COc1ccc(S(=O)(=O)NCCN(C)c2ccccc2)cc1OC. The van der Waals surface area contributed by atoms with Crippen molar-refractivity contribution in [3.8, 4) is 11.5 Å². The van der Waals surface area contributed by atoms with Gasteiger partial charge in [-0.2, -0.15) is 0 Å². The fourth-order valence-electron chi connectivity index (χ4n) is 2.23. The Balaban J connectivity index is 2.01. The smallest absolute Gasteiger partial charge is 0.240 e. The molecular weight excluding hydrogens is 328 g/mol. The molecule has 0 spiro atoms. The molecule has 6 nitrogen and oxygen atoms in total. The monoisotopic (exact) mass is 350 g/mol. The zero-order chi connectivity index (χ0) is 17.6. The molecule has 130 valence electrons. The van der Waals surface area contributed by atoms with Gasteiger partial charge in [0.25, 0.3) is 0 Å². The molecule has 2 aromatic rings. The van der Waals surface area contributed by atoms with Crippen LogP contribution in [-0.4, -0.2) is 42.8 Å². The third kappa shape index (κ3) is 4.39. The molecule has 0 bridgehead atoms. The van der Waals surface area contributed by atoms with E-state index in [0.29, 0.717) is 24.6 Å². The summed E-state index contributed by atoms with van der Waals surface area (Å²) in [6.07, 6.45) is 0. The number of sulfonamides is 1. The van der Waals surface area contributed by atoms with Gasteiger partial charge in [0.15, 0.2) is 11.5 Å². The highest BCUT2D eigenvalue weighted by molar-refractivity contribution is 7.89. The number of methoxy groups -OCH3 is 2. The third-order valence-corrected chi connectivity index (χ3v) is 5.06. The maximum Gasteiger partial charge on any atom is 0.240 e. The largest absolute Gasteiger partial charge is 0.493 e. The molecule has 0 aliphatic heterocycles. The van der Waals surface area contributed by atoms with Gasteiger partial charge in [0.2, 0.25) is 10.0 Å². The Labute approximate surface area is 143 Å². The highest BCUT2D eigenvalue weighted by Gasteiger charge is 2.16. The molecule has 0 aromatic heterocycles. The third-order valence-electron chi connectivity index (χ3n) is 3.60. The zero-order valence-electron chi connectivity index (χ0n) is 14.0. The highest BCUT2D eigenvalue weighted by atomic mass is 32.2. The van der Waals surface area contributed by atoms with Gasteiger partial charge in [-0.3, -0.25) is 0 Å². The second-order valence-corrected chi connectivity index (χ2v) is 6.94. The van der Waals surface area contributed by atoms with E-state index in [0.717, 1.165) is 5.69 Å². The predicted molar refractivity (Wildman–Crippen MR) is 94.4 cm³/mol. The summed E-state index contributed by atoms with van der Waals surface area (Å²) >= 11 is 0. The van der Waals surface area contributed by atoms with E-state index in [1.165, 1.54) is 26.4 Å². The van der Waals surface area contributed by atoms with E-state index < -0.39 is 10.0 Å². The van der Waals surface area contributed by atoms with Crippen LogP contribution >= 0.6 is 0 Å². The first-order valence-electron chi connectivity index (χ1n) is 7.46. The average molecular weight is 350 g/mol. The lowest BCUT2D eigenvalue weighted by atomic mass is 10.3. The fourth-order valence-corrected chi connectivity index (χ4v) is 3.26. The molecule has 0 saturated heterocycles. The van der Waals surface area contributed by atoms with Gasteiger partial charge in [-0.15, -0.1) is 0 Å². The van der Waals surface area contributed by atoms with Crippen molar-refractivity contribution in [2.24, 2.45) is 0 Å². The van der Waals surface area contributed by atoms with Gasteiger partial charge in [-0.1, -0.05) is 18.2 Å². The van der Waals surface area contributed by atoms with Crippen LogP contribution < -0.4 is 19.1 Å². The first-order valence-corrected chi connectivity index (χ1v) is 8.94. The summed E-state index contributed by atoms with van der Waals surface area (Å²) < 4.78 is 37.6. The number of para-hydroxylation sites is 1. The summed E-state index contributed by atoms with van der Waals surface area (Å²) in [6.45, 7) is 0.846. The van der Waals surface area contributed by atoms with Crippen molar-refractivity contribution < 1.29 is 17.9 Å². The number of hydrogen-bond acceptors (Lipinski definition) is 5. The Hall–Kier alpha value is -2.25. The summed E-state index contributed by atoms with van der Waals surface area (Å²) in [4.78, 5) is 2.12. The summed E-state index contributed by atoms with van der Waals surface area (Å²) in [5.74, 6) is 0.863. The average Bonchev–Trinajstić information content (AvgIpc) is 2.61. The minimum Gasteiger partial charge on any atom is -0.493 e. The van der Waals surface area contributed by atoms with E-state index in [9.17, 15) is 8.42 Å². The lowest BCUT2D eigenvalue weighted by Gasteiger charge is -2.19. The van der Waals surface area contributed by atoms with Gasteiger partial charge in [-0.25, -0.2) is 13.1 Å². The highest BCUT2D eigenvalue weighted by Crippen LogP contribution is 2.29. The summed E-state index contributed by atoms with van der Waals surface area (Å²) in [5, 5.41) is 0. The van der Waals surface area contributed by atoms with Crippen molar-refractivity contribution >= 4 is 15.7 Å². The van der Waals surface area contributed by atoms with E-state index in [1.807, 2.05) is 42.3 Å². The topological polar surface area (TPSA) is 67.9 Å². The molecule has 7 heteroatoms. The molecule has 0 saturated carbocycles. The number of anilines is 1. The van der Waals surface area contributed by atoms with Gasteiger partial charge in [0.05, 0.1) is 19.1 Å². The molecule has 1 N–H and O–H groups in total. The Kier molecular flexibility index (Phi) is 6.05. The van der Waals surface area contributed by atoms with E-state index >= 15 is 0 Å². The van der Waals surface area contributed by atoms with Gasteiger partial charge < -0.3 is 14.4 Å². The Morgan fingerprint density at radius 2 is 1.67 bits per heavy atom. The maximum absolute atomic E-state index is 12.4. The minimum absolute atomic E-state index is 0.141. The summed E-state index contributed by atoms with van der Waals surface area (Å²) in [6, 6.07) is 14.3. The Morgan fingerprint density at radius 1 is 1.00 bits per heavy atom. The predicted octanol–water partition coefficient (Wildman–Crippen LogP) is 2.12. The molecule has 2 rings (SSSR count). The number of nitrogens with one attached hydrogen (secondary N) is 1. The van der Waals surface area contributed by atoms with Gasteiger partial charge in [-0.05, 0) is 24.3 Å².